The van der Waals surface area contributed by atoms with Gasteiger partial charge in [0.25, 0.3) is 0 Å². The highest BCUT2D eigenvalue weighted by atomic mass is 15.2. The van der Waals surface area contributed by atoms with E-state index in [2.05, 4.69) is 180 Å². The lowest BCUT2D eigenvalue weighted by molar-refractivity contribution is 0.932. The summed E-state index contributed by atoms with van der Waals surface area (Å²) < 4.78 is 4.53. The zero-order valence-corrected chi connectivity index (χ0v) is 35.6. The summed E-state index contributed by atoms with van der Waals surface area (Å²) in [7, 11) is 0. The van der Waals surface area contributed by atoms with Gasteiger partial charge < -0.3 is 4.57 Å². The van der Waals surface area contributed by atoms with Gasteiger partial charge in [0, 0.05) is 43.8 Å². The second-order valence-corrected chi connectivity index (χ2v) is 15.9. The largest absolute Gasteiger partial charge is 0.309 e. The molecule has 6 nitrogen and oxygen atoms in total. The van der Waals surface area contributed by atoms with Gasteiger partial charge in [-0.15, -0.1) is 0 Å². The maximum atomic E-state index is 9.76. The van der Waals surface area contributed by atoms with Gasteiger partial charge in [-0.25, -0.2) is 4.98 Å². The first-order valence-corrected chi connectivity index (χ1v) is 21.7. The van der Waals surface area contributed by atoms with Gasteiger partial charge in [0.15, 0.2) is 11.6 Å². The second-order valence-electron chi connectivity index (χ2n) is 15.9. The molecule has 6 heteroatoms. The van der Waals surface area contributed by atoms with Crippen molar-refractivity contribution >= 4 is 49.2 Å². The van der Waals surface area contributed by atoms with E-state index in [1.807, 2.05) is 55.5 Å². The van der Waals surface area contributed by atoms with Gasteiger partial charge in [0.2, 0.25) is 5.95 Å². The van der Waals surface area contributed by atoms with E-state index in [0.29, 0.717) is 23.2 Å². The molecule has 0 saturated carbocycles. The van der Waals surface area contributed by atoms with Gasteiger partial charge in [-0.3, -0.25) is 4.57 Å². The lowest BCUT2D eigenvalue weighted by Gasteiger charge is -2.17. The number of rotatable bonds is 9. The molecule has 8 aromatic carbocycles. The first kappa shape index (κ1) is 39.0. The van der Waals surface area contributed by atoms with E-state index >= 15 is 0 Å². The van der Waals surface area contributed by atoms with Crippen molar-refractivity contribution in [3.63, 3.8) is 0 Å². The predicted octanol–water partition coefficient (Wildman–Crippen LogP) is 14.8. The summed E-state index contributed by atoms with van der Waals surface area (Å²) in [5, 5.41) is 14.3. The molecule has 0 aliphatic rings. The number of hydrogen-bond acceptors (Lipinski definition) is 4. The lowest BCUT2D eigenvalue weighted by Crippen LogP contribution is -2.08. The van der Waals surface area contributed by atoms with Crippen molar-refractivity contribution in [2.24, 2.45) is 0 Å². The van der Waals surface area contributed by atoms with E-state index < -0.39 is 0 Å². The minimum atomic E-state index is 0.501. The fourth-order valence-electron chi connectivity index (χ4n) is 9.16. The van der Waals surface area contributed by atoms with Crippen molar-refractivity contribution in [2.75, 3.05) is 0 Å². The maximum Gasteiger partial charge on any atom is 0.238 e. The van der Waals surface area contributed by atoms with Crippen LogP contribution < -0.4 is 0 Å². The summed E-state index contributed by atoms with van der Waals surface area (Å²) in [5.41, 5.74) is 13.8. The van der Waals surface area contributed by atoms with Crippen LogP contribution in [-0.2, 0) is 0 Å². The highest BCUT2D eigenvalue weighted by Crippen LogP contribution is 2.41. The molecule has 0 aliphatic carbocycles. The molecule has 65 heavy (non-hydrogen) atoms. The van der Waals surface area contributed by atoms with Gasteiger partial charge in [-0.2, -0.15) is 15.2 Å². The van der Waals surface area contributed by atoms with Crippen LogP contribution in [0.4, 0.5) is 0 Å². The van der Waals surface area contributed by atoms with Crippen molar-refractivity contribution in [3.8, 4) is 62.5 Å². The Kier molecular flexibility index (Phi) is 9.84. The molecule has 0 unspecified atom stereocenters. The Bertz CT molecular complexity index is 3700. The fourth-order valence-corrected chi connectivity index (χ4v) is 9.16. The van der Waals surface area contributed by atoms with Crippen LogP contribution in [-0.4, -0.2) is 24.1 Å². The number of aromatic nitrogens is 5. The van der Waals surface area contributed by atoms with Crippen molar-refractivity contribution in [3.05, 3.63) is 230 Å². The monoisotopic (exact) mass is 832 g/mol. The number of benzene rings is 8. The average Bonchev–Trinajstić information content (AvgIpc) is 3.90. The summed E-state index contributed by atoms with van der Waals surface area (Å²) in [5.74, 6) is 1.56. The van der Waals surface area contributed by atoms with Crippen LogP contribution >= 0.6 is 0 Å². The van der Waals surface area contributed by atoms with E-state index in [-0.39, 0.29) is 0 Å². The molecule has 3 heterocycles. The molecule has 306 valence electrons. The first-order valence-electron chi connectivity index (χ1n) is 21.7. The van der Waals surface area contributed by atoms with Crippen LogP contribution in [0.5, 0.6) is 0 Å². The van der Waals surface area contributed by atoms with Crippen molar-refractivity contribution < 1.29 is 0 Å². The molecular formula is C59H40N6. The Hall–Kier alpha value is -8.92. The van der Waals surface area contributed by atoms with Crippen LogP contribution in [0, 0.1) is 11.3 Å². The first-order chi connectivity index (χ1) is 32.1. The summed E-state index contributed by atoms with van der Waals surface area (Å²) in [6.45, 7) is 5.94. The Morgan fingerprint density at radius 1 is 0.523 bits per heavy atom. The summed E-state index contributed by atoms with van der Waals surface area (Å²) in [4.78, 5) is 16.0. The zero-order valence-electron chi connectivity index (χ0n) is 35.6. The number of allylic oxidation sites excluding steroid dienone is 5. The molecule has 11 rings (SSSR count). The van der Waals surface area contributed by atoms with Crippen LogP contribution in [0.25, 0.3) is 106 Å². The van der Waals surface area contributed by atoms with Crippen LogP contribution in [0.15, 0.2) is 219 Å². The molecule has 0 saturated heterocycles. The number of nitrogens with zero attached hydrogens (tertiary/aromatic N) is 6. The Balaban J connectivity index is 1.18. The average molecular weight is 833 g/mol. The molecule has 0 radical (unpaired) electrons. The number of fused-ring (bicyclic) bond motifs is 6. The molecule has 0 fully saturated rings. The summed E-state index contributed by atoms with van der Waals surface area (Å²) in [6, 6.07) is 67.7. The quantitative estimate of drug-likeness (QED) is 0.136. The van der Waals surface area contributed by atoms with Gasteiger partial charge in [-0.05, 0) is 83.8 Å². The highest BCUT2D eigenvalue weighted by molar-refractivity contribution is 6.14. The smallest absolute Gasteiger partial charge is 0.238 e. The minimum absolute atomic E-state index is 0.501. The third kappa shape index (κ3) is 6.80. The lowest BCUT2D eigenvalue weighted by atomic mass is 9.97. The van der Waals surface area contributed by atoms with E-state index in [1.165, 1.54) is 10.8 Å². The van der Waals surface area contributed by atoms with E-state index in [4.69, 9.17) is 15.0 Å². The highest BCUT2D eigenvalue weighted by Gasteiger charge is 2.22. The van der Waals surface area contributed by atoms with E-state index in [9.17, 15) is 5.26 Å². The molecule has 0 N–H and O–H groups in total. The number of para-hydroxylation sites is 4. The fraction of sp³-hybridized carbons (Fsp3) is 0.0169. The molecular weight excluding hydrogens is 793 g/mol. The Morgan fingerprint density at radius 2 is 1.12 bits per heavy atom. The topological polar surface area (TPSA) is 72.3 Å². The normalized spacial score (nSPS) is 11.8. The van der Waals surface area contributed by atoms with Crippen LogP contribution in [0.3, 0.4) is 0 Å². The predicted molar refractivity (Wildman–Crippen MR) is 268 cm³/mol. The summed E-state index contributed by atoms with van der Waals surface area (Å²) >= 11 is 0. The molecule has 0 aliphatic heterocycles. The third-order valence-electron chi connectivity index (χ3n) is 12.2. The van der Waals surface area contributed by atoms with Gasteiger partial charge in [0.05, 0.1) is 39.4 Å². The van der Waals surface area contributed by atoms with E-state index in [1.54, 1.807) is 6.08 Å². The molecule has 0 bridgehead atoms. The van der Waals surface area contributed by atoms with Gasteiger partial charge in [0.1, 0.15) is 0 Å². The Labute approximate surface area is 376 Å². The molecule has 0 spiro atoms. The molecule has 0 amide bonds. The van der Waals surface area contributed by atoms with Gasteiger partial charge >= 0.3 is 0 Å². The van der Waals surface area contributed by atoms with Crippen molar-refractivity contribution in [2.45, 2.75) is 6.92 Å². The van der Waals surface area contributed by atoms with Crippen molar-refractivity contribution in [1.29, 1.82) is 5.26 Å². The maximum absolute atomic E-state index is 9.76. The molecule has 0 atom stereocenters. The third-order valence-corrected chi connectivity index (χ3v) is 12.2. The number of hydrogen-bond donors (Lipinski definition) is 0. The summed E-state index contributed by atoms with van der Waals surface area (Å²) in [6.07, 6.45) is 7.66. The van der Waals surface area contributed by atoms with Gasteiger partial charge in [-0.1, -0.05) is 164 Å². The molecule has 11 aromatic rings. The van der Waals surface area contributed by atoms with Crippen LogP contribution in [0.2, 0.25) is 0 Å². The SMILES string of the molecule is C=C/C=C\C(=C/C)c1nc(-c2ccc(-n3c4ccccc4c4ccccc43)c(-c3ccc(C#N)cc3)c2)nc(-n2c3ccccc3c3cccc(-c4cccc(-c5ccccc5)c4)c32)n1. The second kappa shape index (κ2) is 16.4. The van der Waals surface area contributed by atoms with Crippen LogP contribution in [0.1, 0.15) is 18.3 Å². The Morgan fingerprint density at radius 3 is 1.82 bits per heavy atom. The van der Waals surface area contributed by atoms with E-state index in [0.717, 1.165) is 83.0 Å². The van der Waals surface area contributed by atoms with Crippen molar-refractivity contribution in [1.82, 2.24) is 24.1 Å². The standard InChI is InChI=1S/C59H40N6/c1-3-5-17-40(4-2)57-61-58(45-34-35-55(51(37-45)42-32-30-39(38-60)31-33-42)64-52-27-12-9-22-47(52)48-23-10-13-28-53(48)64)63-59(62-57)65-54-29-14-11-24-49(54)50-26-16-25-46(56(50)65)44-21-15-20-43(36-44)41-18-7-6-8-19-41/h3-37H,1H2,2H3/b17-5-,40-4+. The molecule has 3 aromatic heterocycles. The minimum Gasteiger partial charge on any atom is -0.309 e. The zero-order chi connectivity index (χ0) is 43.9. The number of nitriles is 1.